The van der Waals surface area contributed by atoms with Crippen molar-refractivity contribution in [3.05, 3.63) is 30.6 Å². The predicted octanol–water partition coefficient (Wildman–Crippen LogP) is 2.70. The fraction of sp³-hybridized carbons (Fsp3) is 0.545. The Hall–Kier alpha value is -1.36. The Morgan fingerprint density at radius 2 is 1.55 bits per heavy atom. The quantitative estimate of drug-likeness (QED) is 0.604. The van der Waals surface area contributed by atoms with E-state index in [2.05, 4.69) is 4.98 Å². The molecule has 0 spiro atoms. The number of aromatic amines is 1. The number of rotatable bonds is 5. The van der Waals surface area contributed by atoms with Crippen molar-refractivity contribution >= 4 is 10.1 Å². The second-order valence-electron chi connectivity index (χ2n) is 4.07. The van der Waals surface area contributed by atoms with Gasteiger partial charge in [-0.2, -0.15) is 22.0 Å². The number of halogens is 6. The van der Waals surface area contributed by atoms with Gasteiger partial charge in [-0.15, -0.1) is 0 Å². The number of H-pyrrole nitrogens is 1. The lowest BCUT2D eigenvalue weighted by Crippen LogP contribution is -2.38. The molecule has 128 valence electrons. The largest absolute Gasteiger partial charge is 0.743 e. The molecule has 0 aliphatic carbocycles. The zero-order valence-electron chi connectivity index (χ0n) is 11.0. The summed E-state index contributed by atoms with van der Waals surface area (Å²) >= 11 is 0. The van der Waals surface area contributed by atoms with Crippen LogP contribution in [0.15, 0.2) is 30.6 Å². The summed E-state index contributed by atoms with van der Waals surface area (Å²) in [6.45, 7) is 0. The van der Waals surface area contributed by atoms with Gasteiger partial charge in [0.2, 0.25) is 0 Å². The van der Waals surface area contributed by atoms with Gasteiger partial charge in [0.15, 0.2) is 28.7 Å². The highest BCUT2D eigenvalue weighted by Crippen LogP contribution is 2.32. The van der Waals surface area contributed by atoms with Gasteiger partial charge in [0, 0.05) is 18.6 Å². The maximum Gasteiger partial charge on any atom is 0.389 e. The predicted molar refractivity (Wildman–Crippen MR) is 62.4 cm³/mol. The van der Waals surface area contributed by atoms with E-state index in [0.29, 0.717) is 0 Å². The van der Waals surface area contributed by atoms with Crippen molar-refractivity contribution in [2.24, 2.45) is 0 Å². The highest BCUT2D eigenvalue weighted by atomic mass is 32.2. The van der Waals surface area contributed by atoms with Crippen LogP contribution in [0.2, 0.25) is 0 Å². The van der Waals surface area contributed by atoms with Gasteiger partial charge in [-0.3, -0.25) is 0 Å². The van der Waals surface area contributed by atoms with Crippen LogP contribution in [0.4, 0.5) is 26.3 Å². The molecule has 1 rings (SSSR count). The minimum Gasteiger partial charge on any atom is -0.743 e. The standard InChI is InChI=1S/C6H8F6O3S.C5H5N/c7-4(2-1-3-5(8,9)10)6(11,12)16(13,14)15;1-2-4-6-5-3-1/h4H,1-3H2,(H,13,14,15);1-5H. The Balaban J connectivity index is 0.000000604. The van der Waals surface area contributed by atoms with Gasteiger partial charge in [-0.1, -0.05) is 6.07 Å². The molecule has 22 heavy (non-hydrogen) atoms. The Bertz CT molecular complexity index is 494. The third-order valence-corrected chi connectivity index (χ3v) is 3.15. The van der Waals surface area contributed by atoms with E-state index in [9.17, 15) is 39.3 Å². The van der Waals surface area contributed by atoms with E-state index in [1.807, 2.05) is 30.6 Å². The monoisotopic (exact) mass is 353 g/mol. The second kappa shape index (κ2) is 8.32. The van der Waals surface area contributed by atoms with Crippen molar-refractivity contribution < 1.29 is 44.3 Å². The lowest BCUT2D eigenvalue weighted by atomic mass is 10.2. The van der Waals surface area contributed by atoms with E-state index < -0.39 is 47.0 Å². The van der Waals surface area contributed by atoms with Crippen LogP contribution in [-0.4, -0.2) is 30.6 Å². The molecule has 0 saturated carbocycles. The fourth-order valence-corrected chi connectivity index (χ4v) is 1.58. The maximum atomic E-state index is 12.6. The summed E-state index contributed by atoms with van der Waals surface area (Å²) in [4.78, 5) is 2.89. The Kier molecular flexibility index (Phi) is 7.81. The van der Waals surface area contributed by atoms with Crippen LogP contribution in [0.25, 0.3) is 0 Å². The van der Waals surface area contributed by atoms with Crippen LogP contribution in [0.1, 0.15) is 19.3 Å². The van der Waals surface area contributed by atoms with Gasteiger partial charge in [0.25, 0.3) is 0 Å². The Morgan fingerprint density at radius 1 is 1.05 bits per heavy atom. The molecule has 0 aliphatic rings. The van der Waals surface area contributed by atoms with Gasteiger partial charge < -0.3 is 4.55 Å². The van der Waals surface area contributed by atoms with Gasteiger partial charge in [-0.05, 0) is 12.8 Å². The van der Waals surface area contributed by atoms with E-state index in [0.717, 1.165) is 0 Å². The number of nitrogens with one attached hydrogen (secondary N) is 1. The maximum absolute atomic E-state index is 12.6. The first kappa shape index (κ1) is 20.6. The van der Waals surface area contributed by atoms with Crippen molar-refractivity contribution in [1.82, 2.24) is 0 Å². The molecule has 0 amide bonds. The fourth-order valence-electron chi connectivity index (χ4n) is 1.15. The lowest BCUT2D eigenvalue weighted by molar-refractivity contribution is -0.377. The normalized spacial score (nSPS) is 14.0. The molecule has 0 radical (unpaired) electrons. The van der Waals surface area contributed by atoms with Gasteiger partial charge in [-0.25, -0.2) is 17.8 Å². The summed E-state index contributed by atoms with van der Waals surface area (Å²) in [5.41, 5.74) is 0. The molecule has 0 aromatic carbocycles. The third kappa shape index (κ3) is 8.17. The SMILES string of the molecule is O=S(=O)([O-])C(F)(F)C(F)CCCC(F)(F)F.c1cc[nH+]cc1. The van der Waals surface area contributed by atoms with Crippen LogP contribution in [0, 0.1) is 0 Å². The number of hydrogen-bond donors (Lipinski definition) is 0. The number of pyridine rings is 1. The van der Waals surface area contributed by atoms with Crippen LogP contribution in [0.3, 0.4) is 0 Å². The Morgan fingerprint density at radius 3 is 1.82 bits per heavy atom. The molecule has 0 aliphatic heterocycles. The average molecular weight is 353 g/mol. The molecule has 11 heteroatoms. The second-order valence-corrected chi connectivity index (χ2v) is 5.52. The molecule has 1 unspecified atom stereocenters. The van der Waals surface area contributed by atoms with Crippen LogP contribution < -0.4 is 4.98 Å². The van der Waals surface area contributed by atoms with E-state index in [1.165, 1.54) is 0 Å². The first-order chi connectivity index (χ1) is 9.88. The molecular formula is C11H13F6NO3S. The van der Waals surface area contributed by atoms with E-state index in [1.54, 1.807) is 0 Å². The van der Waals surface area contributed by atoms with E-state index in [4.69, 9.17) is 0 Å². The highest BCUT2D eigenvalue weighted by molar-refractivity contribution is 7.86. The Labute approximate surface area is 122 Å². The van der Waals surface area contributed by atoms with Crippen LogP contribution >= 0.6 is 0 Å². The zero-order chi connectivity index (χ0) is 17.4. The summed E-state index contributed by atoms with van der Waals surface area (Å²) in [6, 6.07) is 5.86. The average Bonchev–Trinajstić information content (AvgIpc) is 2.38. The zero-order valence-corrected chi connectivity index (χ0v) is 11.8. The summed E-state index contributed by atoms with van der Waals surface area (Å²) in [6.07, 6.45) is -8.23. The molecule has 1 N–H and O–H groups in total. The molecule has 0 bridgehead atoms. The molecule has 1 heterocycles. The van der Waals surface area contributed by atoms with Gasteiger partial charge >= 0.3 is 11.4 Å². The smallest absolute Gasteiger partial charge is 0.389 e. The minimum atomic E-state index is -6.21. The van der Waals surface area contributed by atoms with Gasteiger partial charge in [0.1, 0.15) is 0 Å². The molecular weight excluding hydrogens is 340 g/mol. The number of hydrogen-bond acceptors (Lipinski definition) is 3. The summed E-state index contributed by atoms with van der Waals surface area (Å²) < 4.78 is 102. The molecule has 0 fully saturated rings. The van der Waals surface area contributed by atoms with Crippen LogP contribution in [-0.2, 0) is 10.1 Å². The van der Waals surface area contributed by atoms with Crippen molar-refractivity contribution in [1.29, 1.82) is 0 Å². The molecule has 1 aromatic rings. The lowest BCUT2D eigenvalue weighted by Gasteiger charge is -2.23. The van der Waals surface area contributed by atoms with E-state index in [-0.39, 0.29) is 0 Å². The van der Waals surface area contributed by atoms with Crippen molar-refractivity contribution in [2.75, 3.05) is 0 Å². The van der Waals surface area contributed by atoms with Crippen LogP contribution in [0.5, 0.6) is 0 Å². The topological polar surface area (TPSA) is 71.3 Å². The number of alkyl halides is 6. The summed E-state index contributed by atoms with van der Waals surface area (Å²) in [7, 11) is -6.21. The first-order valence-electron chi connectivity index (χ1n) is 5.83. The molecule has 1 atom stereocenters. The number of aromatic nitrogens is 1. The van der Waals surface area contributed by atoms with Crippen molar-refractivity contribution in [3.63, 3.8) is 0 Å². The first-order valence-corrected chi connectivity index (χ1v) is 7.24. The van der Waals surface area contributed by atoms with Crippen molar-refractivity contribution in [3.8, 4) is 0 Å². The molecule has 0 saturated heterocycles. The molecule has 4 nitrogen and oxygen atoms in total. The van der Waals surface area contributed by atoms with E-state index >= 15 is 0 Å². The van der Waals surface area contributed by atoms with Gasteiger partial charge in [0.05, 0.1) is 0 Å². The third-order valence-electron chi connectivity index (χ3n) is 2.22. The highest BCUT2D eigenvalue weighted by Gasteiger charge is 2.47. The van der Waals surface area contributed by atoms with Crippen molar-refractivity contribution in [2.45, 2.75) is 36.9 Å². The summed E-state index contributed by atoms with van der Waals surface area (Å²) in [5.74, 6) is 0. The molecule has 1 aromatic heterocycles. The summed E-state index contributed by atoms with van der Waals surface area (Å²) in [5, 5.41) is -5.20. The minimum absolute atomic E-state index is 1.02.